The topological polar surface area (TPSA) is 53.8 Å². The zero-order chi connectivity index (χ0) is 18.0. The van der Waals surface area contributed by atoms with Gasteiger partial charge in [0, 0.05) is 25.7 Å². The smallest absolute Gasteiger partial charge is 0.289 e. The van der Waals surface area contributed by atoms with Gasteiger partial charge in [-0.25, -0.2) is 0 Å². The number of furan rings is 1. The van der Waals surface area contributed by atoms with Gasteiger partial charge in [0.1, 0.15) is 5.76 Å². The van der Waals surface area contributed by atoms with Gasteiger partial charge in [-0.05, 0) is 45.1 Å². The van der Waals surface area contributed by atoms with E-state index in [1.165, 1.54) is 5.57 Å². The van der Waals surface area contributed by atoms with Crippen LogP contribution in [-0.2, 0) is 10.5 Å². The summed E-state index contributed by atoms with van der Waals surface area (Å²) in [4.78, 5) is 29.4. The van der Waals surface area contributed by atoms with Crippen LogP contribution >= 0.6 is 11.8 Å². The molecule has 0 radical (unpaired) electrons. The molecule has 0 saturated carbocycles. The molecule has 2 bridgehead atoms. The number of hydrogen-bond donors (Lipinski definition) is 0. The molecule has 25 heavy (non-hydrogen) atoms. The third-order valence-corrected chi connectivity index (χ3v) is 5.51. The normalized spacial score (nSPS) is 22.9. The largest absolute Gasteiger partial charge is 0.455 e. The van der Waals surface area contributed by atoms with Gasteiger partial charge in [0.2, 0.25) is 5.91 Å². The highest BCUT2D eigenvalue weighted by Crippen LogP contribution is 2.30. The van der Waals surface area contributed by atoms with E-state index in [2.05, 4.69) is 6.08 Å². The standard InChI is InChI=1S/C19H26N2O3S/c1-13(2)8-9-21-15-5-4-14(18(21)22)10-20(11-15)19(23)17-7-6-16(24-17)12-25-3/h6-8,14-15H,4-5,9-12H2,1-3H3. The van der Waals surface area contributed by atoms with Gasteiger partial charge < -0.3 is 14.2 Å². The van der Waals surface area contributed by atoms with Crippen molar-refractivity contribution in [3.8, 4) is 0 Å². The van der Waals surface area contributed by atoms with Crippen LogP contribution in [0.1, 0.15) is 43.0 Å². The molecule has 5 nitrogen and oxygen atoms in total. The molecular weight excluding hydrogens is 336 g/mol. The van der Waals surface area contributed by atoms with E-state index in [9.17, 15) is 9.59 Å². The number of hydrogen-bond acceptors (Lipinski definition) is 4. The molecule has 3 fully saturated rings. The first-order chi connectivity index (χ1) is 12.0. The number of thioether (sulfide) groups is 1. The molecule has 0 spiro atoms. The summed E-state index contributed by atoms with van der Waals surface area (Å²) in [5.74, 6) is 1.96. The summed E-state index contributed by atoms with van der Waals surface area (Å²) in [6, 6.07) is 3.72. The first kappa shape index (κ1) is 18.1. The van der Waals surface area contributed by atoms with Crippen LogP contribution in [0.5, 0.6) is 0 Å². The number of allylic oxidation sites excluding steroid dienone is 1. The van der Waals surface area contributed by atoms with Crippen molar-refractivity contribution >= 4 is 23.6 Å². The van der Waals surface area contributed by atoms with Crippen molar-refractivity contribution in [1.82, 2.24) is 9.80 Å². The molecule has 2 unspecified atom stereocenters. The van der Waals surface area contributed by atoms with Crippen molar-refractivity contribution < 1.29 is 14.0 Å². The predicted octanol–water partition coefficient (Wildman–Crippen LogP) is 3.17. The van der Waals surface area contributed by atoms with Gasteiger partial charge in [-0.1, -0.05) is 11.6 Å². The van der Waals surface area contributed by atoms with E-state index in [1.54, 1.807) is 17.8 Å². The molecule has 3 saturated heterocycles. The number of piperidine rings is 1. The maximum absolute atomic E-state index is 12.9. The van der Waals surface area contributed by atoms with Crippen molar-refractivity contribution in [2.24, 2.45) is 5.92 Å². The van der Waals surface area contributed by atoms with E-state index in [4.69, 9.17) is 4.42 Å². The Morgan fingerprint density at radius 3 is 2.84 bits per heavy atom. The van der Waals surface area contributed by atoms with E-state index in [0.29, 0.717) is 25.4 Å². The quantitative estimate of drug-likeness (QED) is 0.755. The van der Waals surface area contributed by atoms with Crippen molar-refractivity contribution in [2.75, 3.05) is 25.9 Å². The Balaban J connectivity index is 1.75. The maximum atomic E-state index is 12.9. The molecule has 4 heterocycles. The summed E-state index contributed by atoms with van der Waals surface area (Å²) in [5, 5.41) is 0. The fourth-order valence-electron chi connectivity index (χ4n) is 3.60. The van der Waals surface area contributed by atoms with Crippen LogP contribution in [0.2, 0.25) is 0 Å². The van der Waals surface area contributed by atoms with Gasteiger partial charge in [-0.15, -0.1) is 0 Å². The maximum Gasteiger partial charge on any atom is 0.289 e. The van der Waals surface area contributed by atoms with E-state index in [0.717, 1.165) is 24.4 Å². The number of carbonyl (C=O) groups excluding carboxylic acids is 2. The summed E-state index contributed by atoms with van der Waals surface area (Å²) in [6.45, 7) is 5.82. The fraction of sp³-hybridized carbons (Fsp3) is 0.579. The second kappa shape index (κ2) is 7.68. The van der Waals surface area contributed by atoms with Gasteiger partial charge in [0.15, 0.2) is 5.76 Å². The molecule has 2 atom stereocenters. The minimum Gasteiger partial charge on any atom is -0.455 e. The molecule has 3 aliphatic rings. The second-order valence-electron chi connectivity index (χ2n) is 7.11. The lowest BCUT2D eigenvalue weighted by atomic mass is 9.94. The predicted molar refractivity (Wildman–Crippen MR) is 99.5 cm³/mol. The third-order valence-electron chi connectivity index (χ3n) is 4.94. The van der Waals surface area contributed by atoms with Crippen molar-refractivity contribution in [3.05, 3.63) is 35.3 Å². The molecule has 6 heteroatoms. The van der Waals surface area contributed by atoms with Crippen LogP contribution < -0.4 is 0 Å². The lowest BCUT2D eigenvalue weighted by Crippen LogP contribution is -2.48. The van der Waals surface area contributed by atoms with E-state index in [1.807, 2.05) is 36.0 Å². The minimum atomic E-state index is -0.0962. The molecule has 1 aromatic heterocycles. The molecule has 0 N–H and O–H groups in total. The van der Waals surface area contributed by atoms with E-state index >= 15 is 0 Å². The van der Waals surface area contributed by atoms with Crippen molar-refractivity contribution in [3.63, 3.8) is 0 Å². The first-order valence-corrected chi connectivity index (χ1v) is 10.2. The van der Waals surface area contributed by atoms with Crippen LogP contribution in [-0.4, -0.2) is 53.5 Å². The third kappa shape index (κ3) is 3.94. The van der Waals surface area contributed by atoms with Crippen molar-refractivity contribution in [1.29, 1.82) is 0 Å². The molecule has 1 aromatic rings. The number of fused-ring (bicyclic) bond motifs is 4. The Kier molecular flexibility index (Phi) is 5.57. The summed E-state index contributed by atoms with van der Waals surface area (Å²) < 4.78 is 5.68. The van der Waals surface area contributed by atoms with Gasteiger partial charge in [-0.3, -0.25) is 9.59 Å². The lowest BCUT2D eigenvalue weighted by Gasteiger charge is -2.35. The number of amides is 2. The van der Waals surface area contributed by atoms with Crippen LogP contribution in [0.25, 0.3) is 0 Å². The average molecular weight is 362 g/mol. The molecule has 136 valence electrons. The monoisotopic (exact) mass is 362 g/mol. The van der Waals surface area contributed by atoms with Gasteiger partial charge in [-0.2, -0.15) is 11.8 Å². The second-order valence-corrected chi connectivity index (χ2v) is 7.98. The zero-order valence-electron chi connectivity index (χ0n) is 15.2. The highest BCUT2D eigenvalue weighted by molar-refractivity contribution is 7.97. The SMILES string of the molecule is CSCc1ccc(C(=O)N2CC3CCC(C2)N(CC=C(C)C)C3=O)o1. The Bertz CT molecular complexity index is 678. The molecule has 0 aliphatic carbocycles. The van der Waals surface area contributed by atoms with E-state index in [-0.39, 0.29) is 23.8 Å². The summed E-state index contributed by atoms with van der Waals surface area (Å²) in [6.07, 6.45) is 5.93. The average Bonchev–Trinajstić information content (AvgIpc) is 2.87. The molecular formula is C19H26N2O3S. The Labute approximate surface area is 153 Å². The van der Waals surface area contributed by atoms with Crippen LogP contribution in [0.4, 0.5) is 0 Å². The highest BCUT2D eigenvalue weighted by Gasteiger charge is 2.41. The van der Waals surface area contributed by atoms with E-state index < -0.39 is 0 Å². The number of carbonyl (C=O) groups is 2. The van der Waals surface area contributed by atoms with Crippen LogP contribution in [0.15, 0.2) is 28.2 Å². The fourth-order valence-corrected chi connectivity index (χ4v) is 4.04. The summed E-state index contributed by atoms with van der Waals surface area (Å²) in [5.41, 5.74) is 1.21. The Hall–Kier alpha value is -1.69. The van der Waals surface area contributed by atoms with Gasteiger partial charge in [0.25, 0.3) is 5.91 Å². The minimum absolute atomic E-state index is 0.0890. The van der Waals surface area contributed by atoms with Crippen LogP contribution in [0.3, 0.4) is 0 Å². The zero-order valence-corrected chi connectivity index (χ0v) is 16.0. The Morgan fingerprint density at radius 2 is 2.12 bits per heavy atom. The molecule has 4 rings (SSSR count). The number of nitrogens with zero attached hydrogens (tertiary/aromatic N) is 2. The first-order valence-electron chi connectivity index (χ1n) is 8.80. The van der Waals surface area contributed by atoms with Gasteiger partial charge >= 0.3 is 0 Å². The molecule has 3 aliphatic heterocycles. The molecule has 2 amide bonds. The molecule has 0 aromatic carbocycles. The Morgan fingerprint density at radius 1 is 1.32 bits per heavy atom. The highest BCUT2D eigenvalue weighted by atomic mass is 32.2. The van der Waals surface area contributed by atoms with Gasteiger partial charge in [0.05, 0.1) is 11.7 Å². The number of rotatable bonds is 5. The van der Waals surface area contributed by atoms with Crippen LogP contribution in [0, 0.1) is 5.92 Å². The summed E-state index contributed by atoms with van der Waals surface area (Å²) in [7, 11) is 0. The lowest BCUT2D eigenvalue weighted by molar-refractivity contribution is -0.139. The summed E-state index contributed by atoms with van der Waals surface area (Å²) >= 11 is 1.66. The van der Waals surface area contributed by atoms with Crippen molar-refractivity contribution in [2.45, 2.75) is 38.5 Å².